The molecule has 1 heterocycles. The van der Waals surface area contributed by atoms with Crippen LogP contribution in [0.1, 0.15) is 65.7 Å². The summed E-state index contributed by atoms with van der Waals surface area (Å²) >= 11 is 0. The van der Waals surface area contributed by atoms with E-state index < -0.39 is 0 Å². The topological polar surface area (TPSA) is 29.5 Å². The normalized spacial score (nSPS) is 46.6. The maximum absolute atomic E-state index is 12.4. The molecule has 3 aliphatic carbocycles. The Balaban J connectivity index is 1.41. The lowest BCUT2D eigenvalue weighted by Crippen LogP contribution is -2.62. The van der Waals surface area contributed by atoms with E-state index >= 15 is 0 Å². The Morgan fingerprint density at radius 1 is 1.07 bits per heavy atom. The second-order valence-electron chi connectivity index (χ2n) is 11.2. The van der Waals surface area contributed by atoms with Crippen molar-refractivity contribution in [2.45, 2.75) is 77.9 Å². The number of likely N-dealkylation sites (tertiary alicyclic amines) is 1. The molecule has 1 aromatic rings. The number of ether oxygens (including phenoxy) is 1. The number of hydrogen-bond donors (Lipinski definition) is 0. The summed E-state index contributed by atoms with van der Waals surface area (Å²) in [6.45, 7) is 7.53. The highest BCUT2D eigenvalue weighted by atomic mass is 16.5. The van der Waals surface area contributed by atoms with E-state index in [0.29, 0.717) is 34.8 Å². The van der Waals surface area contributed by atoms with Gasteiger partial charge in [-0.3, -0.25) is 4.79 Å². The molecule has 0 bridgehead atoms. The number of benzene rings is 1. The van der Waals surface area contributed by atoms with Crippen molar-refractivity contribution in [3.05, 3.63) is 30.3 Å². The minimum Gasteiger partial charge on any atom is -0.490 e. The predicted molar refractivity (Wildman–Crippen MR) is 116 cm³/mol. The third-order valence-electron chi connectivity index (χ3n) is 9.71. The quantitative estimate of drug-likeness (QED) is 0.658. The molecule has 1 aliphatic heterocycles. The van der Waals surface area contributed by atoms with Crippen molar-refractivity contribution in [3.8, 4) is 5.75 Å². The van der Waals surface area contributed by atoms with E-state index in [4.69, 9.17) is 4.74 Å². The number of nitrogens with zero attached hydrogens (tertiary/aromatic N) is 1. The fourth-order valence-corrected chi connectivity index (χ4v) is 8.24. The molecule has 0 spiro atoms. The largest absolute Gasteiger partial charge is 0.490 e. The minimum absolute atomic E-state index is 0.291. The van der Waals surface area contributed by atoms with Gasteiger partial charge in [-0.2, -0.15) is 0 Å². The first-order valence-corrected chi connectivity index (χ1v) is 11.8. The Kier molecular flexibility index (Phi) is 4.53. The third-order valence-corrected chi connectivity index (χ3v) is 9.71. The van der Waals surface area contributed by atoms with E-state index in [-0.39, 0.29) is 0 Å². The molecule has 8 atom stereocenters. The van der Waals surface area contributed by atoms with E-state index in [9.17, 15) is 4.79 Å². The van der Waals surface area contributed by atoms with Gasteiger partial charge >= 0.3 is 0 Å². The fourth-order valence-electron chi connectivity index (χ4n) is 8.24. The van der Waals surface area contributed by atoms with Gasteiger partial charge in [-0.05, 0) is 85.2 Å². The van der Waals surface area contributed by atoms with Crippen molar-refractivity contribution < 1.29 is 9.53 Å². The van der Waals surface area contributed by atoms with Crippen LogP contribution in [0.25, 0.3) is 0 Å². The summed E-state index contributed by atoms with van der Waals surface area (Å²) < 4.78 is 6.46. The van der Waals surface area contributed by atoms with Gasteiger partial charge in [-0.1, -0.05) is 39.0 Å². The number of rotatable bonds is 2. The van der Waals surface area contributed by atoms with Crippen LogP contribution in [-0.2, 0) is 4.79 Å². The lowest BCUT2D eigenvalue weighted by molar-refractivity contribution is -0.164. The van der Waals surface area contributed by atoms with Gasteiger partial charge in [-0.25, -0.2) is 0 Å². The number of fused-ring (bicyclic) bond motifs is 5. The summed E-state index contributed by atoms with van der Waals surface area (Å²) in [7, 11) is 2.06. The molecular weight excluding hydrogens is 358 g/mol. The Labute approximate surface area is 176 Å². The zero-order valence-corrected chi connectivity index (χ0v) is 18.6. The molecule has 4 aliphatic rings. The zero-order valence-electron chi connectivity index (χ0n) is 18.6. The fraction of sp³-hybridized carbons (Fsp3) is 0.731. The standard InChI is InChI=1S/C26H37NO2/c1-17-14-22-26(3,13-11-23(28)27(22)4)20-10-12-25(2)16-19(15-21(25)24(17)20)29-18-8-6-5-7-9-18/h5-9,17,19-22,24H,10-16H2,1-4H3/t17?,19-,20-,21-,22+,24?,25+,26+/m0/s1. The van der Waals surface area contributed by atoms with Gasteiger partial charge in [-0.15, -0.1) is 0 Å². The summed E-state index contributed by atoms with van der Waals surface area (Å²) in [5, 5.41) is 0. The average molecular weight is 396 g/mol. The third kappa shape index (κ3) is 2.94. The number of carbonyl (C=O) groups excluding carboxylic acids is 1. The summed E-state index contributed by atoms with van der Waals surface area (Å²) in [5.74, 6) is 4.35. The molecule has 3 nitrogen and oxygen atoms in total. The highest BCUT2D eigenvalue weighted by Gasteiger charge is 2.62. The molecule has 0 aromatic heterocycles. The predicted octanol–water partition coefficient (Wildman–Crippen LogP) is 5.54. The lowest BCUT2D eigenvalue weighted by atomic mass is 9.45. The van der Waals surface area contributed by atoms with Gasteiger partial charge in [0.1, 0.15) is 5.75 Å². The van der Waals surface area contributed by atoms with Crippen LogP contribution in [0.15, 0.2) is 30.3 Å². The monoisotopic (exact) mass is 395 g/mol. The average Bonchev–Trinajstić information content (AvgIpc) is 3.03. The number of para-hydroxylation sites is 1. The van der Waals surface area contributed by atoms with E-state index in [1.54, 1.807) is 0 Å². The van der Waals surface area contributed by atoms with Crippen LogP contribution >= 0.6 is 0 Å². The van der Waals surface area contributed by atoms with Gasteiger partial charge in [0.05, 0.1) is 6.10 Å². The van der Waals surface area contributed by atoms with Crippen molar-refractivity contribution in [2.24, 2.45) is 34.5 Å². The van der Waals surface area contributed by atoms with Gasteiger partial charge in [0.15, 0.2) is 0 Å². The lowest BCUT2D eigenvalue weighted by Gasteiger charge is -2.63. The minimum atomic E-state index is 0.291. The second kappa shape index (κ2) is 6.75. The van der Waals surface area contributed by atoms with Gasteiger partial charge in [0.2, 0.25) is 5.91 Å². The molecule has 2 unspecified atom stereocenters. The van der Waals surface area contributed by atoms with Gasteiger partial charge in [0, 0.05) is 19.5 Å². The molecule has 29 heavy (non-hydrogen) atoms. The van der Waals surface area contributed by atoms with Crippen molar-refractivity contribution in [1.82, 2.24) is 4.90 Å². The van der Waals surface area contributed by atoms with Crippen molar-refractivity contribution in [1.29, 1.82) is 0 Å². The number of amides is 1. The van der Waals surface area contributed by atoms with Crippen LogP contribution in [0.5, 0.6) is 5.75 Å². The molecule has 0 radical (unpaired) electrons. The zero-order chi connectivity index (χ0) is 20.4. The first-order valence-electron chi connectivity index (χ1n) is 11.8. The summed E-state index contributed by atoms with van der Waals surface area (Å²) in [5.41, 5.74) is 0.702. The SMILES string of the molecule is CC1C[C@H]2N(C)C(=O)CC[C@]2(C)[C@H]2CC[C@]3(C)C[C@@H](Oc4ccccc4)C[C@H]3C12. The number of carbonyl (C=O) groups is 1. The molecule has 3 saturated carbocycles. The smallest absolute Gasteiger partial charge is 0.222 e. The van der Waals surface area contributed by atoms with E-state index in [1.165, 1.54) is 32.1 Å². The first kappa shape index (κ1) is 19.5. The van der Waals surface area contributed by atoms with Crippen LogP contribution in [0.4, 0.5) is 0 Å². The van der Waals surface area contributed by atoms with E-state index in [2.05, 4.69) is 63.1 Å². The Hall–Kier alpha value is -1.51. The molecular formula is C26H37NO2. The Morgan fingerprint density at radius 3 is 2.59 bits per heavy atom. The highest BCUT2D eigenvalue weighted by Crippen LogP contribution is 2.66. The van der Waals surface area contributed by atoms with Crippen LogP contribution in [0.2, 0.25) is 0 Å². The molecule has 158 valence electrons. The van der Waals surface area contributed by atoms with Gasteiger partial charge in [0.25, 0.3) is 0 Å². The van der Waals surface area contributed by atoms with Crippen LogP contribution < -0.4 is 4.74 Å². The van der Waals surface area contributed by atoms with Crippen molar-refractivity contribution >= 4 is 5.91 Å². The summed E-state index contributed by atoms with van der Waals surface area (Å²) in [6.07, 6.45) is 8.39. The highest BCUT2D eigenvalue weighted by molar-refractivity contribution is 5.77. The molecule has 0 N–H and O–H groups in total. The summed E-state index contributed by atoms with van der Waals surface area (Å²) in [6, 6.07) is 10.8. The molecule has 4 fully saturated rings. The van der Waals surface area contributed by atoms with Crippen LogP contribution in [0.3, 0.4) is 0 Å². The van der Waals surface area contributed by atoms with Crippen LogP contribution in [-0.4, -0.2) is 30.0 Å². The van der Waals surface area contributed by atoms with Crippen molar-refractivity contribution in [3.63, 3.8) is 0 Å². The summed E-state index contributed by atoms with van der Waals surface area (Å²) in [4.78, 5) is 14.5. The molecule has 3 heteroatoms. The van der Waals surface area contributed by atoms with Crippen LogP contribution in [0, 0.1) is 34.5 Å². The first-order chi connectivity index (χ1) is 13.8. The number of piperidine rings is 1. The molecule has 1 saturated heterocycles. The van der Waals surface area contributed by atoms with E-state index in [1.807, 2.05) is 0 Å². The molecule has 5 rings (SSSR count). The second-order valence-corrected chi connectivity index (χ2v) is 11.2. The van der Waals surface area contributed by atoms with E-state index in [0.717, 1.165) is 36.3 Å². The Morgan fingerprint density at radius 2 is 1.83 bits per heavy atom. The number of hydrogen-bond acceptors (Lipinski definition) is 2. The maximum Gasteiger partial charge on any atom is 0.222 e. The van der Waals surface area contributed by atoms with Crippen molar-refractivity contribution in [2.75, 3.05) is 7.05 Å². The molecule has 1 amide bonds. The maximum atomic E-state index is 12.4. The molecule has 1 aromatic carbocycles. The van der Waals surface area contributed by atoms with Gasteiger partial charge < -0.3 is 9.64 Å². The Bertz CT molecular complexity index is 778.